The number of amides is 2. The normalized spacial score (nSPS) is 11.3. The van der Waals surface area contributed by atoms with E-state index in [4.69, 9.17) is 14.6 Å². The van der Waals surface area contributed by atoms with E-state index < -0.39 is 5.97 Å². The lowest BCUT2D eigenvalue weighted by atomic mass is 10.1. The van der Waals surface area contributed by atoms with Crippen LogP contribution in [0.5, 0.6) is 11.5 Å². The molecule has 2 amide bonds. The minimum atomic E-state index is -0.983. The number of urea groups is 1. The molecule has 2 aromatic carbocycles. The molecule has 0 saturated heterocycles. The Hall–Kier alpha value is -3.22. The largest absolute Gasteiger partial charge is 0.497 e. The maximum atomic E-state index is 12.1. The average molecular weight is 358 g/mol. The number of methoxy groups -OCH3 is 2. The molecule has 2 aromatic rings. The van der Waals surface area contributed by atoms with E-state index in [1.54, 1.807) is 38.5 Å². The fraction of sp³-hybridized carbons (Fsp3) is 0.263. The lowest BCUT2D eigenvalue weighted by molar-refractivity contribution is 0.0697. The van der Waals surface area contributed by atoms with Crippen LogP contribution in [0.2, 0.25) is 0 Å². The molecule has 0 bridgehead atoms. The van der Waals surface area contributed by atoms with Crippen LogP contribution in [0.15, 0.2) is 42.5 Å². The number of aromatic carboxylic acids is 1. The first kappa shape index (κ1) is 19.1. The van der Waals surface area contributed by atoms with Gasteiger partial charge in [0.05, 0.1) is 25.8 Å². The number of benzene rings is 2. The van der Waals surface area contributed by atoms with E-state index in [1.807, 2.05) is 13.0 Å². The van der Waals surface area contributed by atoms with Gasteiger partial charge < -0.3 is 25.2 Å². The molecule has 0 spiro atoms. The average Bonchev–Trinajstić information content (AvgIpc) is 2.66. The van der Waals surface area contributed by atoms with Crippen molar-refractivity contribution in [3.63, 3.8) is 0 Å². The lowest BCUT2D eigenvalue weighted by Crippen LogP contribution is -2.36. The van der Waals surface area contributed by atoms with Gasteiger partial charge in [-0.25, -0.2) is 9.59 Å². The predicted octanol–water partition coefficient (Wildman–Crippen LogP) is 2.96. The number of carboxylic acids is 1. The minimum absolute atomic E-state index is 0.206. The Bertz CT molecular complexity index is 774. The van der Waals surface area contributed by atoms with Gasteiger partial charge in [0, 0.05) is 12.1 Å². The van der Waals surface area contributed by atoms with Crippen LogP contribution in [0.4, 0.5) is 4.79 Å². The Balaban J connectivity index is 1.95. The Morgan fingerprint density at radius 3 is 2.35 bits per heavy atom. The molecule has 0 aliphatic rings. The zero-order valence-corrected chi connectivity index (χ0v) is 14.9. The summed E-state index contributed by atoms with van der Waals surface area (Å²) in [6.07, 6.45) is 0. The van der Waals surface area contributed by atoms with Gasteiger partial charge in [-0.05, 0) is 42.8 Å². The highest BCUT2D eigenvalue weighted by molar-refractivity contribution is 5.87. The van der Waals surface area contributed by atoms with Crippen LogP contribution in [0, 0.1) is 0 Å². The standard InChI is InChI=1S/C19H22N2O5/c1-12(16-10-15(25-2)8-9-17(16)26-3)21-19(24)20-11-13-4-6-14(7-5-13)18(22)23/h4-10,12H,11H2,1-3H3,(H,22,23)(H2,20,21,24). The third-order valence-corrected chi connectivity index (χ3v) is 3.90. The number of hydrogen-bond donors (Lipinski definition) is 3. The van der Waals surface area contributed by atoms with Gasteiger partial charge in [-0.2, -0.15) is 0 Å². The Kier molecular flexibility index (Phi) is 6.43. The molecular weight excluding hydrogens is 336 g/mol. The maximum Gasteiger partial charge on any atom is 0.335 e. The summed E-state index contributed by atoms with van der Waals surface area (Å²) in [7, 11) is 3.14. The first-order valence-electron chi connectivity index (χ1n) is 8.03. The van der Waals surface area contributed by atoms with Crippen molar-refractivity contribution in [2.75, 3.05) is 14.2 Å². The van der Waals surface area contributed by atoms with Gasteiger partial charge in [0.25, 0.3) is 0 Å². The van der Waals surface area contributed by atoms with E-state index in [-0.39, 0.29) is 24.2 Å². The van der Waals surface area contributed by atoms with Crippen molar-refractivity contribution >= 4 is 12.0 Å². The van der Waals surface area contributed by atoms with Gasteiger partial charge in [-0.1, -0.05) is 12.1 Å². The fourth-order valence-corrected chi connectivity index (χ4v) is 2.45. The molecule has 7 heteroatoms. The van der Waals surface area contributed by atoms with Gasteiger partial charge in [0.2, 0.25) is 0 Å². The molecule has 3 N–H and O–H groups in total. The number of rotatable bonds is 7. The van der Waals surface area contributed by atoms with E-state index in [0.29, 0.717) is 11.5 Å². The van der Waals surface area contributed by atoms with Crippen LogP contribution in [0.1, 0.15) is 34.5 Å². The Morgan fingerprint density at radius 1 is 1.08 bits per heavy atom. The van der Waals surface area contributed by atoms with Gasteiger partial charge in [-0.3, -0.25) is 0 Å². The van der Waals surface area contributed by atoms with Crippen LogP contribution in [0.3, 0.4) is 0 Å². The molecule has 0 aliphatic heterocycles. The molecule has 0 radical (unpaired) electrons. The fourth-order valence-electron chi connectivity index (χ4n) is 2.45. The zero-order chi connectivity index (χ0) is 19.1. The van der Waals surface area contributed by atoms with E-state index in [2.05, 4.69) is 10.6 Å². The number of hydrogen-bond acceptors (Lipinski definition) is 4. The summed E-state index contributed by atoms with van der Waals surface area (Å²) in [6, 6.07) is 11.1. The van der Waals surface area contributed by atoms with Crippen molar-refractivity contribution in [2.24, 2.45) is 0 Å². The van der Waals surface area contributed by atoms with Crippen molar-refractivity contribution < 1.29 is 24.2 Å². The van der Waals surface area contributed by atoms with Gasteiger partial charge in [0.1, 0.15) is 11.5 Å². The first-order valence-corrected chi connectivity index (χ1v) is 8.03. The highest BCUT2D eigenvalue weighted by atomic mass is 16.5. The van der Waals surface area contributed by atoms with Gasteiger partial charge in [-0.15, -0.1) is 0 Å². The highest BCUT2D eigenvalue weighted by Crippen LogP contribution is 2.29. The second kappa shape index (κ2) is 8.75. The van der Waals surface area contributed by atoms with E-state index in [9.17, 15) is 9.59 Å². The summed E-state index contributed by atoms with van der Waals surface area (Å²) in [5.41, 5.74) is 1.81. The van der Waals surface area contributed by atoms with Crippen LogP contribution in [-0.4, -0.2) is 31.3 Å². The zero-order valence-electron chi connectivity index (χ0n) is 14.9. The molecule has 7 nitrogen and oxygen atoms in total. The number of carbonyl (C=O) groups excluding carboxylic acids is 1. The van der Waals surface area contributed by atoms with Crippen molar-refractivity contribution in [2.45, 2.75) is 19.5 Å². The molecule has 0 aliphatic carbocycles. The smallest absolute Gasteiger partial charge is 0.335 e. The summed E-state index contributed by atoms with van der Waals surface area (Å²) in [6.45, 7) is 2.13. The molecule has 1 atom stereocenters. The quantitative estimate of drug-likeness (QED) is 0.707. The Labute approximate surface area is 151 Å². The summed E-state index contributed by atoms with van der Waals surface area (Å²) in [5, 5.41) is 14.5. The molecule has 26 heavy (non-hydrogen) atoms. The summed E-state index contributed by atoms with van der Waals surface area (Å²) in [4.78, 5) is 23.0. The molecular formula is C19H22N2O5. The van der Waals surface area contributed by atoms with Crippen LogP contribution in [0.25, 0.3) is 0 Å². The first-order chi connectivity index (χ1) is 12.4. The summed E-state index contributed by atoms with van der Waals surface area (Å²) in [5.74, 6) is 0.347. The van der Waals surface area contributed by atoms with Crippen molar-refractivity contribution in [3.8, 4) is 11.5 Å². The lowest BCUT2D eigenvalue weighted by Gasteiger charge is -2.18. The molecule has 0 aromatic heterocycles. The molecule has 138 valence electrons. The molecule has 0 heterocycles. The van der Waals surface area contributed by atoms with Crippen LogP contribution < -0.4 is 20.1 Å². The summed E-state index contributed by atoms with van der Waals surface area (Å²) >= 11 is 0. The maximum absolute atomic E-state index is 12.1. The van der Waals surface area contributed by atoms with E-state index in [0.717, 1.165) is 11.1 Å². The number of carboxylic acid groups (broad SMARTS) is 1. The van der Waals surface area contributed by atoms with Crippen molar-refractivity contribution in [1.82, 2.24) is 10.6 Å². The molecule has 0 fully saturated rings. The second-order valence-corrected chi connectivity index (χ2v) is 5.66. The molecule has 2 rings (SSSR count). The molecule has 0 saturated carbocycles. The number of ether oxygens (including phenoxy) is 2. The van der Waals surface area contributed by atoms with Crippen molar-refractivity contribution in [1.29, 1.82) is 0 Å². The van der Waals surface area contributed by atoms with Crippen LogP contribution in [-0.2, 0) is 6.54 Å². The third kappa shape index (κ3) is 4.89. The van der Waals surface area contributed by atoms with Crippen LogP contribution >= 0.6 is 0 Å². The predicted molar refractivity (Wildman–Crippen MR) is 96.7 cm³/mol. The Morgan fingerprint density at radius 2 is 1.77 bits per heavy atom. The number of nitrogens with one attached hydrogen (secondary N) is 2. The van der Waals surface area contributed by atoms with Gasteiger partial charge in [0.15, 0.2) is 0 Å². The minimum Gasteiger partial charge on any atom is -0.497 e. The topological polar surface area (TPSA) is 96.9 Å². The van der Waals surface area contributed by atoms with E-state index in [1.165, 1.54) is 12.1 Å². The van der Waals surface area contributed by atoms with Crippen molar-refractivity contribution in [3.05, 3.63) is 59.2 Å². The van der Waals surface area contributed by atoms with Gasteiger partial charge >= 0.3 is 12.0 Å². The SMILES string of the molecule is COc1ccc(OC)c(C(C)NC(=O)NCc2ccc(C(=O)O)cc2)c1. The second-order valence-electron chi connectivity index (χ2n) is 5.66. The monoisotopic (exact) mass is 358 g/mol. The summed E-state index contributed by atoms with van der Waals surface area (Å²) < 4.78 is 10.5. The highest BCUT2D eigenvalue weighted by Gasteiger charge is 2.15. The third-order valence-electron chi connectivity index (χ3n) is 3.90. The van der Waals surface area contributed by atoms with E-state index >= 15 is 0 Å². The number of carbonyl (C=O) groups is 2. The molecule has 1 unspecified atom stereocenters.